The molecule has 0 aromatic rings. The van der Waals surface area contributed by atoms with E-state index in [0.29, 0.717) is 5.41 Å². The summed E-state index contributed by atoms with van der Waals surface area (Å²) in [6.07, 6.45) is 8.23. The van der Waals surface area contributed by atoms with Gasteiger partial charge in [-0.05, 0) is 75.5 Å². The molecule has 0 unspecified atom stereocenters. The summed E-state index contributed by atoms with van der Waals surface area (Å²) < 4.78 is 0. The minimum atomic E-state index is -0.550. The van der Waals surface area contributed by atoms with Gasteiger partial charge in [0, 0.05) is 6.54 Å². The lowest BCUT2D eigenvalue weighted by molar-refractivity contribution is -0.0499. The van der Waals surface area contributed by atoms with E-state index in [0.717, 1.165) is 24.3 Å². The molecule has 4 rings (SSSR count). The second kappa shape index (κ2) is 4.90. The highest BCUT2D eigenvalue weighted by molar-refractivity contribution is 5.74. The standard InChI is InChI=1S/C16H28N2O2/c1-15(2,10-19)18-14(20)17-9-16-6-11-3-12(7-16)5-13(4-11)8-16/h11-13,19H,3-10H2,1-2H3,(H2,17,18,20). The number of rotatable bonds is 4. The van der Waals surface area contributed by atoms with E-state index in [2.05, 4.69) is 10.6 Å². The van der Waals surface area contributed by atoms with Crippen LogP contribution in [0.2, 0.25) is 0 Å². The van der Waals surface area contributed by atoms with E-state index < -0.39 is 5.54 Å². The molecule has 20 heavy (non-hydrogen) atoms. The third-order valence-corrected chi connectivity index (χ3v) is 5.64. The van der Waals surface area contributed by atoms with Crippen LogP contribution in [-0.2, 0) is 0 Å². The van der Waals surface area contributed by atoms with E-state index in [1.165, 1.54) is 38.5 Å². The SMILES string of the molecule is CC(C)(CO)NC(=O)NCC12CC3CC(CC(C3)C1)C2. The fourth-order valence-electron chi connectivity index (χ4n) is 5.17. The fraction of sp³-hybridized carbons (Fsp3) is 0.938. The molecule has 0 spiro atoms. The van der Waals surface area contributed by atoms with Gasteiger partial charge in [-0.1, -0.05) is 0 Å². The molecule has 4 saturated carbocycles. The third kappa shape index (κ3) is 2.80. The Balaban J connectivity index is 1.55. The molecule has 0 aromatic heterocycles. The number of hydrogen-bond donors (Lipinski definition) is 3. The summed E-state index contributed by atoms with van der Waals surface area (Å²) in [5.41, 5.74) is -0.180. The number of carbonyl (C=O) groups is 1. The maximum atomic E-state index is 12.0. The first kappa shape index (κ1) is 14.2. The Labute approximate surface area is 121 Å². The summed E-state index contributed by atoms with van der Waals surface area (Å²) in [6.45, 7) is 4.43. The maximum absolute atomic E-state index is 12.0. The quantitative estimate of drug-likeness (QED) is 0.740. The van der Waals surface area contributed by atoms with Crippen LogP contribution in [0.25, 0.3) is 0 Å². The van der Waals surface area contributed by atoms with Gasteiger partial charge >= 0.3 is 6.03 Å². The molecule has 0 saturated heterocycles. The third-order valence-electron chi connectivity index (χ3n) is 5.64. The highest BCUT2D eigenvalue weighted by atomic mass is 16.3. The monoisotopic (exact) mass is 280 g/mol. The van der Waals surface area contributed by atoms with Crippen molar-refractivity contribution >= 4 is 6.03 Å². The van der Waals surface area contributed by atoms with Crippen molar-refractivity contribution in [3.8, 4) is 0 Å². The molecule has 114 valence electrons. The van der Waals surface area contributed by atoms with Crippen LogP contribution in [0, 0.1) is 23.2 Å². The molecule has 3 N–H and O–H groups in total. The van der Waals surface area contributed by atoms with Crippen LogP contribution in [-0.4, -0.2) is 29.8 Å². The normalized spacial score (nSPS) is 38.9. The van der Waals surface area contributed by atoms with Gasteiger partial charge in [0.05, 0.1) is 12.1 Å². The summed E-state index contributed by atoms with van der Waals surface area (Å²) in [6, 6.07) is -0.139. The van der Waals surface area contributed by atoms with Gasteiger partial charge in [-0.2, -0.15) is 0 Å². The second-order valence-corrected chi connectivity index (χ2v) is 8.27. The molecule has 4 aliphatic rings. The number of hydrogen-bond acceptors (Lipinski definition) is 2. The first-order valence-electron chi connectivity index (χ1n) is 8.07. The maximum Gasteiger partial charge on any atom is 0.315 e. The van der Waals surface area contributed by atoms with Crippen LogP contribution in [0.5, 0.6) is 0 Å². The van der Waals surface area contributed by atoms with Crippen LogP contribution >= 0.6 is 0 Å². The molecule has 0 aliphatic heterocycles. The highest BCUT2D eigenvalue weighted by Crippen LogP contribution is 2.59. The number of aliphatic hydroxyl groups is 1. The molecule has 4 nitrogen and oxygen atoms in total. The van der Waals surface area contributed by atoms with Gasteiger partial charge < -0.3 is 15.7 Å². The van der Waals surface area contributed by atoms with Crippen LogP contribution in [0.3, 0.4) is 0 Å². The highest BCUT2D eigenvalue weighted by Gasteiger charge is 2.50. The summed E-state index contributed by atoms with van der Waals surface area (Å²) in [4.78, 5) is 12.0. The van der Waals surface area contributed by atoms with Gasteiger partial charge in [-0.3, -0.25) is 0 Å². The summed E-state index contributed by atoms with van der Waals surface area (Å²) >= 11 is 0. The molecule has 4 bridgehead atoms. The van der Waals surface area contributed by atoms with Crippen LogP contribution < -0.4 is 10.6 Å². The molecule has 0 aromatic carbocycles. The largest absolute Gasteiger partial charge is 0.394 e. The van der Waals surface area contributed by atoms with Crippen LogP contribution in [0.15, 0.2) is 0 Å². The number of amides is 2. The Morgan fingerprint density at radius 3 is 2.10 bits per heavy atom. The summed E-state index contributed by atoms with van der Waals surface area (Å²) in [5.74, 6) is 2.75. The Kier molecular flexibility index (Phi) is 3.47. The molecule has 2 amide bonds. The van der Waals surface area contributed by atoms with E-state index in [1.54, 1.807) is 0 Å². The Morgan fingerprint density at radius 1 is 1.15 bits per heavy atom. The first-order valence-corrected chi connectivity index (χ1v) is 8.07. The van der Waals surface area contributed by atoms with Crippen molar-refractivity contribution in [1.29, 1.82) is 0 Å². The van der Waals surface area contributed by atoms with Gasteiger partial charge in [0.25, 0.3) is 0 Å². The van der Waals surface area contributed by atoms with Crippen molar-refractivity contribution in [2.24, 2.45) is 23.2 Å². The lowest BCUT2D eigenvalue weighted by atomic mass is 9.49. The molecule has 0 heterocycles. The van der Waals surface area contributed by atoms with E-state index in [-0.39, 0.29) is 12.6 Å². The van der Waals surface area contributed by atoms with Crippen LogP contribution in [0.4, 0.5) is 4.79 Å². The molecular weight excluding hydrogens is 252 g/mol. The van der Waals surface area contributed by atoms with E-state index in [1.807, 2.05) is 13.8 Å². The predicted molar refractivity (Wildman–Crippen MR) is 78.3 cm³/mol. The Morgan fingerprint density at radius 2 is 1.65 bits per heavy atom. The number of aliphatic hydroxyl groups excluding tert-OH is 1. The molecule has 0 radical (unpaired) electrons. The number of carbonyl (C=O) groups excluding carboxylic acids is 1. The molecule has 4 fully saturated rings. The Bertz CT molecular complexity index is 357. The van der Waals surface area contributed by atoms with Gasteiger partial charge in [0.2, 0.25) is 0 Å². The van der Waals surface area contributed by atoms with Gasteiger partial charge in [-0.15, -0.1) is 0 Å². The van der Waals surface area contributed by atoms with Crippen LogP contribution in [0.1, 0.15) is 52.4 Å². The predicted octanol–water partition coefficient (Wildman–Crippen LogP) is 2.27. The van der Waals surface area contributed by atoms with Crippen molar-refractivity contribution in [2.45, 2.75) is 57.9 Å². The fourth-order valence-corrected chi connectivity index (χ4v) is 5.17. The average molecular weight is 280 g/mol. The van der Waals surface area contributed by atoms with Crippen molar-refractivity contribution < 1.29 is 9.90 Å². The Hall–Kier alpha value is -0.770. The number of urea groups is 1. The van der Waals surface area contributed by atoms with E-state index in [4.69, 9.17) is 0 Å². The average Bonchev–Trinajstić information content (AvgIpc) is 2.34. The van der Waals surface area contributed by atoms with Crippen molar-refractivity contribution in [3.05, 3.63) is 0 Å². The summed E-state index contributed by atoms with van der Waals surface area (Å²) in [5, 5.41) is 15.1. The van der Waals surface area contributed by atoms with E-state index in [9.17, 15) is 9.90 Å². The molecule has 4 aliphatic carbocycles. The van der Waals surface area contributed by atoms with Gasteiger partial charge in [-0.25, -0.2) is 4.79 Å². The zero-order chi connectivity index (χ0) is 14.4. The van der Waals surface area contributed by atoms with Gasteiger partial charge in [0.15, 0.2) is 0 Å². The van der Waals surface area contributed by atoms with Crippen molar-refractivity contribution in [2.75, 3.05) is 13.2 Å². The molecule has 0 atom stereocenters. The topological polar surface area (TPSA) is 61.4 Å². The lowest BCUT2D eigenvalue weighted by Gasteiger charge is -2.56. The minimum absolute atomic E-state index is 0.0439. The smallest absolute Gasteiger partial charge is 0.315 e. The van der Waals surface area contributed by atoms with Gasteiger partial charge in [0.1, 0.15) is 0 Å². The zero-order valence-corrected chi connectivity index (χ0v) is 12.7. The van der Waals surface area contributed by atoms with Crippen molar-refractivity contribution in [3.63, 3.8) is 0 Å². The number of nitrogens with one attached hydrogen (secondary N) is 2. The first-order chi connectivity index (χ1) is 9.40. The van der Waals surface area contributed by atoms with Crippen molar-refractivity contribution in [1.82, 2.24) is 10.6 Å². The summed E-state index contributed by atoms with van der Waals surface area (Å²) in [7, 11) is 0. The molecular formula is C16H28N2O2. The van der Waals surface area contributed by atoms with E-state index >= 15 is 0 Å². The lowest BCUT2D eigenvalue weighted by Crippen LogP contribution is -2.55. The second-order valence-electron chi connectivity index (χ2n) is 8.27. The minimum Gasteiger partial charge on any atom is -0.394 e. The molecule has 4 heteroatoms. The zero-order valence-electron chi connectivity index (χ0n) is 12.7.